The highest BCUT2D eigenvalue weighted by atomic mass is 16.5. The molecule has 1 aromatic carbocycles. The average Bonchev–Trinajstić information content (AvgIpc) is 2.80. The van der Waals surface area contributed by atoms with Crippen LogP contribution in [0.5, 0.6) is 0 Å². The minimum Gasteiger partial charge on any atom is -0.397 e. The van der Waals surface area contributed by atoms with Crippen LogP contribution in [0, 0.1) is 0 Å². The lowest BCUT2D eigenvalue weighted by Gasteiger charge is -2.31. The summed E-state index contributed by atoms with van der Waals surface area (Å²) in [6, 6.07) is 10.7. The molecule has 0 bridgehead atoms. The van der Waals surface area contributed by atoms with Crippen molar-refractivity contribution in [2.75, 3.05) is 35.6 Å². The van der Waals surface area contributed by atoms with Gasteiger partial charge in [-0.1, -0.05) is 31.4 Å². The van der Waals surface area contributed by atoms with Gasteiger partial charge in [0, 0.05) is 18.8 Å². The van der Waals surface area contributed by atoms with Gasteiger partial charge in [-0.15, -0.1) is 0 Å². The molecule has 2 aromatic heterocycles. The molecule has 7 nitrogen and oxygen atoms in total. The summed E-state index contributed by atoms with van der Waals surface area (Å²) >= 11 is 0. The number of nitrogens with zero attached hydrogens (tertiary/aromatic N) is 4. The summed E-state index contributed by atoms with van der Waals surface area (Å²) in [6.45, 7) is 4.26. The van der Waals surface area contributed by atoms with E-state index >= 15 is 0 Å². The van der Waals surface area contributed by atoms with Crippen molar-refractivity contribution in [2.45, 2.75) is 51.0 Å². The topological polar surface area (TPSA) is 89.2 Å². The molecule has 2 fully saturated rings. The molecule has 3 N–H and O–H groups in total. The van der Waals surface area contributed by atoms with Gasteiger partial charge in [0.05, 0.1) is 30.0 Å². The second kappa shape index (κ2) is 8.67. The maximum Gasteiger partial charge on any atom is 0.229 e. The van der Waals surface area contributed by atoms with E-state index in [2.05, 4.69) is 46.4 Å². The summed E-state index contributed by atoms with van der Waals surface area (Å²) in [5.74, 6) is 2.09. The number of rotatable bonds is 4. The number of nitrogens with two attached hydrogens (primary N) is 1. The maximum atomic E-state index is 6.01. The number of fused-ring (bicyclic) bond motifs is 1. The Labute approximate surface area is 183 Å². The lowest BCUT2D eigenvalue weighted by Crippen LogP contribution is -2.42. The van der Waals surface area contributed by atoms with Crippen LogP contribution in [0.3, 0.4) is 0 Å². The van der Waals surface area contributed by atoms with Crippen molar-refractivity contribution >= 4 is 34.2 Å². The van der Waals surface area contributed by atoms with Gasteiger partial charge in [0.15, 0.2) is 5.65 Å². The Hall–Kier alpha value is -2.93. The van der Waals surface area contributed by atoms with Gasteiger partial charge >= 0.3 is 0 Å². The average molecular weight is 419 g/mol. The first-order chi connectivity index (χ1) is 15.2. The third-order valence-electron chi connectivity index (χ3n) is 6.33. The second-order valence-corrected chi connectivity index (χ2v) is 8.72. The molecule has 0 amide bonds. The number of anilines is 4. The number of aromatic nitrogens is 3. The molecule has 2 aliphatic rings. The van der Waals surface area contributed by atoms with Gasteiger partial charge in [-0.2, -0.15) is 9.97 Å². The molecule has 0 unspecified atom stereocenters. The zero-order valence-electron chi connectivity index (χ0n) is 18.1. The molecule has 0 radical (unpaired) electrons. The van der Waals surface area contributed by atoms with Crippen molar-refractivity contribution in [3.63, 3.8) is 0 Å². The predicted molar refractivity (Wildman–Crippen MR) is 125 cm³/mol. The SMILES string of the molecule is C[C@@H]1CN(c2nc(Nc3ccc(C4CCCCC4)cc3)c3cc(N)cnc3n2)CCO1. The Bertz CT molecular complexity index is 1050. The lowest BCUT2D eigenvalue weighted by atomic mass is 9.84. The molecule has 1 saturated carbocycles. The number of benzene rings is 1. The first-order valence-corrected chi connectivity index (χ1v) is 11.3. The normalized spacial score (nSPS) is 20.2. The largest absolute Gasteiger partial charge is 0.397 e. The predicted octanol–water partition coefficient (Wildman–Crippen LogP) is 4.62. The first-order valence-electron chi connectivity index (χ1n) is 11.3. The van der Waals surface area contributed by atoms with Crippen LogP contribution in [-0.4, -0.2) is 40.8 Å². The molecule has 3 heterocycles. The molecule has 5 rings (SSSR count). The van der Waals surface area contributed by atoms with Crippen molar-refractivity contribution in [3.05, 3.63) is 42.1 Å². The van der Waals surface area contributed by atoms with E-state index in [1.165, 1.54) is 37.7 Å². The quantitative estimate of drug-likeness (QED) is 0.639. The molecule has 7 heteroatoms. The van der Waals surface area contributed by atoms with Gasteiger partial charge in [-0.05, 0) is 49.4 Å². The molecule has 1 aliphatic heterocycles. The Morgan fingerprint density at radius 3 is 2.68 bits per heavy atom. The third-order valence-corrected chi connectivity index (χ3v) is 6.33. The van der Waals surface area contributed by atoms with E-state index in [-0.39, 0.29) is 6.10 Å². The van der Waals surface area contributed by atoms with E-state index in [4.69, 9.17) is 20.4 Å². The van der Waals surface area contributed by atoms with Crippen molar-refractivity contribution in [3.8, 4) is 0 Å². The van der Waals surface area contributed by atoms with Crippen LogP contribution in [0.1, 0.15) is 50.5 Å². The van der Waals surface area contributed by atoms with Gasteiger partial charge in [0.25, 0.3) is 0 Å². The van der Waals surface area contributed by atoms with Crippen molar-refractivity contribution in [2.24, 2.45) is 0 Å². The molecular formula is C24H30N6O. The van der Waals surface area contributed by atoms with Gasteiger partial charge in [0.2, 0.25) is 5.95 Å². The molecule has 1 saturated heterocycles. The van der Waals surface area contributed by atoms with E-state index in [9.17, 15) is 0 Å². The van der Waals surface area contributed by atoms with E-state index in [1.807, 2.05) is 6.07 Å². The van der Waals surface area contributed by atoms with Crippen molar-refractivity contribution in [1.29, 1.82) is 0 Å². The molecule has 162 valence electrons. The van der Waals surface area contributed by atoms with Gasteiger partial charge in [-0.25, -0.2) is 4.98 Å². The summed E-state index contributed by atoms with van der Waals surface area (Å²) in [5.41, 5.74) is 9.69. The summed E-state index contributed by atoms with van der Waals surface area (Å²) < 4.78 is 5.67. The fourth-order valence-electron chi connectivity index (χ4n) is 4.67. The first kappa shape index (κ1) is 20.0. The molecule has 3 aromatic rings. The zero-order valence-corrected chi connectivity index (χ0v) is 18.1. The summed E-state index contributed by atoms with van der Waals surface area (Å²) in [7, 11) is 0. The number of nitrogens with one attached hydrogen (secondary N) is 1. The third kappa shape index (κ3) is 4.42. The number of pyridine rings is 1. The van der Waals surface area contributed by atoms with Gasteiger partial charge in [0.1, 0.15) is 5.82 Å². The summed E-state index contributed by atoms with van der Waals surface area (Å²) in [5, 5.41) is 4.31. The summed E-state index contributed by atoms with van der Waals surface area (Å²) in [6.07, 6.45) is 8.45. The highest BCUT2D eigenvalue weighted by Gasteiger charge is 2.21. The highest BCUT2D eigenvalue weighted by Crippen LogP contribution is 2.34. The smallest absolute Gasteiger partial charge is 0.229 e. The summed E-state index contributed by atoms with van der Waals surface area (Å²) in [4.78, 5) is 16.2. The number of hydrogen-bond donors (Lipinski definition) is 2. The van der Waals surface area contributed by atoms with Crippen LogP contribution in [0.4, 0.5) is 23.1 Å². The maximum absolute atomic E-state index is 6.01. The van der Waals surface area contributed by atoms with E-state index in [0.717, 1.165) is 30.0 Å². The number of morpholine rings is 1. The Morgan fingerprint density at radius 1 is 1.10 bits per heavy atom. The van der Waals surface area contributed by atoms with E-state index < -0.39 is 0 Å². The van der Waals surface area contributed by atoms with Crippen LogP contribution >= 0.6 is 0 Å². The lowest BCUT2D eigenvalue weighted by molar-refractivity contribution is 0.0526. The van der Waals surface area contributed by atoms with Crippen LogP contribution in [0.15, 0.2) is 36.5 Å². The Balaban J connectivity index is 1.45. The fraction of sp³-hybridized carbons (Fsp3) is 0.458. The standard InChI is InChI=1S/C24H30N6O/c1-16-15-30(11-12-31-16)24-28-22-21(13-19(25)14-26-22)23(29-24)27-20-9-7-18(8-10-20)17-5-3-2-4-6-17/h7-10,13-14,16-17H,2-6,11-12,15,25H2,1H3,(H,26,27,28,29)/t16-/m1/s1. The molecule has 31 heavy (non-hydrogen) atoms. The van der Waals surface area contributed by atoms with Crippen LogP contribution < -0.4 is 16.0 Å². The van der Waals surface area contributed by atoms with Crippen LogP contribution in [0.25, 0.3) is 11.0 Å². The van der Waals surface area contributed by atoms with Gasteiger partial charge < -0.3 is 20.7 Å². The monoisotopic (exact) mass is 418 g/mol. The number of nitrogen functional groups attached to an aromatic ring is 1. The van der Waals surface area contributed by atoms with Crippen molar-refractivity contribution in [1.82, 2.24) is 15.0 Å². The highest BCUT2D eigenvalue weighted by molar-refractivity contribution is 5.91. The number of ether oxygens (including phenoxy) is 1. The molecule has 1 aliphatic carbocycles. The molecule has 1 atom stereocenters. The molecule has 0 spiro atoms. The van der Waals surface area contributed by atoms with Crippen LogP contribution in [0.2, 0.25) is 0 Å². The molecular weight excluding hydrogens is 388 g/mol. The van der Waals surface area contributed by atoms with Crippen LogP contribution in [-0.2, 0) is 4.74 Å². The van der Waals surface area contributed by atoms with E-state index in [0.29, 0.717) is 29.8 Å². The second-order valence-electron chi connectivity index (χ2n) is 8.72. The Morgan fingerprint density at radius 2 is 1.90 bits per heavy atom. The fourth-order valence-corrected chi connectivity index (χ4v) is 4.67. The van der Waals surface area contributed by atoms with Crippen molar-refractivity contribution < 1.29 is 4.74 Å². The van der Waals surface area contributed by atoms with Gasteiger partial charge in [-0.3, -0.25) is 0 Å². The zero-order chi connectivity index (χ0) is 21.2. The van der Waals surface area contributed by atoms with E-state index in [1.54, 1.807) is 6.20 Å². The minimum atomic E-state index is 0.149. The Kier molecular flexibility index (Phi) is 5.59. The minimum absolute atomic E-state index is 0.149. The number of hydrogen-bond acceptors (Lipinski definition) is 7.